The fourth-order valence-corrected chi connectivity index (χ4v) is 3.38. The van der Waals surface area contributed by atoms with Gasteiger partial charge in [0.2, 0.25) is 0 Å². The van der Waals surface area contributed by atoms with Crippen molar-refractivity contribution in [2.75, 3.05) is 39.3 Å². The summed E-state index contributed by atoms with van der Waals surface area (Å²) in [4.78, 5) is 9.82. The molecule has 0 aromatic rings. The first-order chi connectivity index (χ1) is 12.2. The normalized spacial score (nSPS) is 18.2. The van der Waals surface area contributed by atoms with Crippen LogP contribution in [0.25, 0.3) is 0 Å². The van der Waals surface area contributed by atoms with Gasteiger partial charge in [0.15, 0.2) is 0 Å². The largest absolute Gasteiger partial charge is 0.375 e. The lowest BCUT2D eigenvalue weighted by Gasteiger charge is -2.34. The monoisotopic (exact) mass is 349 g/mol. The number of allylic oxidation sites excluding steroid dienone is 1. The molecule has 0 aromatic carbocycles. The Morgan fingerprint density at radius 3 is 2.32 bits per heavy atom. The maximum atomic E-state index is 4.71. The van der Waals surface area contributed by atoms with E-state index in [1.54, 1.807) is 5.57 Å². The van der Waals surface area contributed by atoms with Crippen molar-refractivity contribution >= 4 is 6.21 Å². The van der Waals surface area contributed by atoms with Crippen molar-refractivity contribution in [2.24, 2.45) is 10.9 Å². The van der Waals surface area contributed by atoms with Gasteiger partial charge in [-0.15, -0.1) is 0 Å². The van der Waals surface area contributed by atoms with Crippen LogP contribution in [0.1, 0.15) is 79.1 Å². The second-order valence-corrected chi connectivity index (χ2v) is 7.49. The maximum Gasteiger partial charge on any atom is 0.0513 e. The van der Waals surface area contributed by atoms with E-state index in [9.17, 15) is 0 Å². The summed E-state index contributed by atoms with van der Waals surface area (Å²) in [5, 5.41) is 0. The molecule has 0 saturated carbocycles. The predicted octanol–water partition coefficient (Wildman–Crippen LogP) is 5.38. The molecular weight excluding hydrogens is 306 g/mol. The minimum absolute atomic E-state index is 0.692. The number of unbranched alkanes of at least 4 members (excludes halogenated alkanes) is 2. The predicted molar refractivity (Wildman–Crippen MR) is 113 cm³/mol. The average Bonchev–Trinajstić information content (AvgIpc) is 2.65. The average molecular weight is 350 g/mol. The van der Waals surface area contributed by atoms with Crippen molar-refractivity contribution in [2.45, 2.75) is 79.1 Å². The summed E-state index contributed by atoms with van der Waals surface area (Å²) >= 11 is 0. The Morgan fingerprint density at radius 1 is 1.00 bits per heavy atom. The van der Waals surface area contributed by atoms with Gasteiger partial charge >= 0.3 is 0 Å². The van der Waals surface area contributed by atoms with Crippen LogP contribution < -0.4 is 0 Å². The lowest BCUT2D eigenvalue weighted by molar-refractivity contribution is 0.171. The van der Waals surface area contributed by atoms with Gasteiger partial charge in [0, 0.05) is 38.9 Å². The highest BCUT2D eigenvalue weighted by atomic mass is 15.3. The molecule has 25 heavy (non-hydrogen) atoms. The lowest BCUT2D eigenvalue weighted by atomic mass is 10.0. The van der Waals surface area contributed by atoms with Crippen LogP contribution in [-0.4, -0.2) is 55.3 Å². The van der Waals surface area contributed by atoms with Crippen LogP contribution in [0.2, 0.25) is 0 Å². The fourth-order valence-electron chi connectivity index (χ4n) is 3.38. The highest BCUT2D eigenvalue weighted by Crippen LogP contribution is 2.14. The molecule has 0 aliphatic carbocycles. The number of nitrogens with zero attached hydrogens (tertiary/aromatic N) is 3. The molecule has 0 aromatic heterocycles. The zero-order chi connectivity index (χ0) is 18.3. The standard InChI is InChI=1S/C22H43N3/c1-5-9-11-21(7-3)19-23-13-14-24-15-17-25(18-16-24)20-22(8-4)12-10-6-2/h19-21H,5-18H2,1-4H3. The minimum atomic E-state index is 0.692. The number of aliphatic imine (C=N–C) groups is 1. The molecule has 0 spiro atoms. The van der Waals surface area contributed by atoms with Gasteiger partial charge in [-0.05, 0) is 44.2 Å². The zero-order valence-electron chi connectivity index (χ0n) is 17.5. The Bertz CT molecular complexity index is 367. The van der Waals surface area contributed by atoms with E-state index in [0.717, 1.165) is 13.1 Å². The minimum Gasteiger partial charge on any atom is -0.375 e. The van der Waals surface area contributed by atoms with Gasteiger partial charge in [-0.3, -0.25) is 9.89 Å². The van der Waals surface area contributed by atoms with Crippen molar-refractivity contribution in [3.8, 4) is 0 Å². The molecule has 1 saturated heterocycles. The van der Waals surface area contributed by atoms with Gasteiger partial charge in [-0.25, -0.2) is 0 Å². The van der Waals surface area contributed by atoms with Crippen molar-refractivity contribution in [1.82, 2.24) is 9.80 Å². The van der Waals surface area contributed by atoms with Crippen LogP contribution >= 0.6 is 0 Å². The topological polar surface area (TPSA) is 18.8 Å². The van der Waals surface area contributed by atoms with E-state index in [1.165, 1.54) is 77.5 Å². The number of hydrogen-bond acceptors (Lipinski definition) is 3. The molecule has 0 N–H and O–H groups in total. The number of rotatable bonds is 13. The maximum absolute atomic E-state index is 4.71. The molecule has 0 amide bonds. The van der Waals surface area contributed by atoms with E-state index in [2.05, 4.69) is 49.9 Å². The zero-order valence-corrected chi connectivity index (χ0v) is 17.5. The van der Waals surface area contributed by atoms with E-state index in [-0.39, 0.29) is 0 Å². The molecule has 1 aliphatic heterocycles. The quantitative estimate of drug-likeness (QED) is 0.416. The molecule has 1 fully saturated rings. The van der Waals surface area contributed by atoms with Gasteiger partial charge in [0.05, 0.1) is 6.54 Å². The van der Waals surface area contributed by atoms with Crippen molar-refractivity contribution in [3.05, 3.63) is 11.8 Å². The summed E-state index contributed by atoms with van der Waals surface area (Å²) in [6.07, 6.45) is 14.9. The van der Waals surface area contributed by atoms with Crippen LogP contribution in [0.4, 0.5) is 0 Å². The van der Waals surface area contributed by atoms with Crippen LogP contribution in [0.3, 0.4) is 0 Å². The van der Waals surface area contributed by atoms with Crippen LogP contribution in [0.15, 0.2) is 16.8 Å². The molecule has 1 heterocycles. The molecule has 3 heteroatoms. The SMILES string of the molecule is CCCCC(=CN1CCN(CCN=CC(CC)CCCC)CC1)CC. The third-order valence-electron chi connectivity index (χ3n) is 5.39. The summed E-state index contributed by atoms with van der Waals surface area (Å²) < 4.78 is 0. The first-order valence-electron chi connectivity index (χ1n) is 10.9. The fraction of sp³-hybridized carbons (Fsp3) is 0.864. The van der Waals surface area contributed by atoms with Gasteiger partial charge in [0.1, 0.15) is 0 Å². The second kappa shape index (κ2) is 14.4. The Balaban J connectivity index is 2.24. The third-order valence-corrected chi connectivity index (χ3v) is 5.39. The van der Waals surface area contributed by atoms with Crippen LogP contribution in [-0.2, 0) is 0 Å². The summed E-state index contributed by atoms with van der Waals surface area (Å²) in [6, 6.07) is 0. The Labute approximate surface area is 157 Å². The van der Waals surface area contributed by atoms with Gasteiger partial charge < -0.3 is 4.90 Å². The molecule has 1 rings (SSSR count). The molecule has 3 nitrogen and oxygen atoms in total. The first kappa shape index (κ1) is 22.2. The Kier molecular flexibility index (Phi) is 12.8. The molecular formula is C22H43N3. The molecule has 0 bridgehead atoms. The van der Waals surface area contributed by atoms with Gasteiger partial charge in [-0.2, -0.15) is 0 Å². The van der Waals surface area contributed by atoms with E-state index < -0.39 is 0 Å². The van der Waals surface area contributed by atoms with Crippen LogP contribution in [0, 0.1) is 5.92 Å². The summed E-state index contributed by atoms with van der Waals surface area (Å²) in [5.41, 5.74) is 1.62. The van der Waals surface area contributed by atoms with Crippen molar-refractivity contribution < 1.29 is 0 Å². The van der Waals surface area contributed by atoms with E-state index in [1.807, 2.05) is 0 Å². The number of piperazine rings is 1. The summed E-state index contributed by atoms with van der Waals surface area (Å²) in [6.45, 7) is 15.9. The lowest BCUT2D eigenvalue weighted by Crippen LogP contribution is -2.45. The van der Waals surface area contributed by atoms with Gasteiger partial charge in [0.25, 0.3) is 0 Å². The highest BCUT2D eigenvalue weighted by Gasteiger charge is 2.14. The Morgan fingerprint density at radius 2 is 1.72 bits per heavy atom. The van der Waals surface area contributed by atoms with Gasteiger partial charge in [-0.1, -0.05) is 52.5 Å². The van der Waals surface area contributed by atoms with Crippen LogP contribution in [0.5, 0.6) is 0 Å². The molecule has 1 aliphatic rings. The Hall–Kier alpha value is -0.830. The second-order valence-electron chi connectivity index (χ2n) is 7.49. The third kappa shape index (κ3) is 10.0. The smallest absolute Gasteiger partial charge is 0.0513 e. The highest BCUT2D eigenvalue weighted by molar-refractivity contribution is 5.60. The molecule has 1 atom stereocenters. The molecule has 1 unspecified atom stereocenters. The molecule has 146 valence electrons. The number of hydrogen-bond donors (Lipinski definition) is 0. The first-order valence-corrected chi connectivity index (χ1v) is 10.9. The molecule has 0 radical (unpaired) electrons. The van der Waals surface area contributed by atoms with E-state index in [4.69, 9.17) is 4.99 Å². The van der Waals surface area contributed by atoms with Crippen molar-refractivity contribution in [3.63, 3.8) is 0 Å². The van der Waals surface area contributed by atoms with Crippen molar-refractivity contribution in [1.29, 1.82) is 0 Å². The summed E-state index contributed by atoms with van der Waals surface area (Å²) in [7, 11) is 0. The summed E-state index contributed by atoms with van der Waals surface area (Å²) in [5.74, 6) is 0.692. The van der Waals surface area contributed by atoms with E-state index in [0.29, 0.717) is 5.92 Å². The van der Waals surface area contributed by atoms with E-state index >= 15 is 0 Å².